The van der Waals surface area contributed by atoms with E-state index < -0.39 is 0 Å². The zero-order valence-electron chi connectivity index (χ0n) is 12.6. The van der Waals surface area contributed by atoms with Crippen molar-refractivity contribution < 1.29 is 9.53 Å². The Hall–Kier alpha value is -0.650. The number of hydrogen-bond donors (Lipinski definition) is 2. The Morgan fingerprint density at radius 2 is 2.20 bits per heavy atom. The van der Waals surface area contributed by atoms with E-state index in [1.165, 1.54) is 19.3 Å². The first-order chi connectivity index (χ1) is 9.74. The number of hydrogen-bond acceptors (Lipinski definition) is 4. The van der Waals surface area contributed by atoms with Gasteiger partial charge in [-0.3, -0.25) is 9.69 Å². The second-order valence-corrected chi connectivity index (χ2v) is 6.09. The molecule has 5 heteroatoms. The monoisotopic (exact) mass is 283 g/mol. The second-order valence-electron chi connectivity index (χ2n) is 6.09. The third-order valence-corrected chi connectivity index (χ3v) is 4.72. The van der Waals surface area contributed by atoms with Crippen molar-refractivity contribution in [2.75, 3.05) is 33.3 Å². The summed E-state index contributed by atoms with van der Waals surface area (Å²) in [6.07, 6.45) is 7.32. The summed E-state index contributed by atoms with van der Waals surface area (Å²) in [6.45, 7) is 3.13. The fourth-order valence-corrected chi connectivity index (χ4v) is 3.56. The Morgan fingerprint density at radius 3 is 2.95 bits per heavy atom. The molecule has 5 nitrogen and oxygen atoms in total. The summed E-state index contributed by atoms with van der Waals surface area (Å²) in [5, 5.41) is 2.93. The average molecular weight is 283 g/mol. The summed E-state index contributed by atoms with van der Waals surface area (Å²) < 4.78 is 5.52. The van der Waals surface area contributed by atoms with Gasteiger partial charge < -0.3 is 15.8 Å². The summed E-state index contributed by atoms with van der Waals surface area (Å²) in [5.74, 6) is 0.317. The summed E-state index contributed by atoms with van der Waals surface area (Å²) in [5.41, 5.74) is 5.44. The van der Waals surface area contributed by atoms with Gasteiger partial charge in [0, 0.05) is 32.8 Å². The molecule has 1 saturated heterocycles. The number of nitrogens with zero attached hydrogens (tertiary/aromatic N) is 1. The van der Waals surface area contributed by atoms with Gasteiger partial charge in [0.05, 0.1) is 12.0 Å². The van der Waals surface area contributed by atoms with Gasteiger partial charge in [0.25, 0.3) is 0 Å². The second kappa shape index (κ2) is 7.96. The van der Waals surface area contributed by atoms with E-state index >= 15 is 0 Å². The Kier molecular flexibility index (Phi) is 6.26. The van der Waals surface area contributed by atoms with E-state index in [1.54, 1.807) is 0 Å². The van der Waals surface area contributed by atoms with E-state index in [4.69, 9.17) is 10.5 Å². The smallest absolute Gasteiger partial charge is 0.224 e. The SMILES string of the molecule is COC1CCCC(N2CCCC(C(=O)NCCN)C2)C1. The van der Waals surface area contributed by atoms with Crippen molar-refractivity contribution in [3.05, 3.63) is 0 Å². The molecule has 1 heterocycles. The highest BCUT2D eigenvalue weighted by atomic mass is 16.5. The van der Waals surface area contributed by atoms with Crippen molar-refractivity contribution in [1.29, 1.82) is 0 Å². The molecule has 1 aliphatic carbocycles. The molecule has 0 aromatic heterocycles. The number of ether oxygens (including phenoxy) is 1. The van der Waals surface area contributed by atoms with E-state index in [0.717, 1.165) is 32.4 Å². The van der Waals surface area contributed by atoms with Gasteiger partial charge in [0.2, 0.25) is 5.91 Å². The number of nitrogens with two attached hydrogens (primary N) is 1. The first-order valence-corrected chi connectivity index (χ1v) is 7.99. The number of methoxy groups -OCH3 is 1. The molecule has 0 spiro atoms. The topological polar surface area (TPSA) is 67.6 Å². The minimum absolute atomic E-state index is 0.137. The molecule has 2 fully saturated rings. The predicted octanol–water partition coefficient (Wildman–Crippen LogP) is 0.731. The van der Waals surface area contributed by atoms with Crippen LogP contribution in [0, 0.1) is 5.92 Å². The zero-order valence-corrected chi connectivity index (χ0v) is 12.6. The molecule has 20 heavy (non-hydrogen) atoms. The normalized spacial score (nSPS) is 32.0. The molecule has 0 aromatic rings. The Bertz CT molecular complexity index is 311. The van der Waals surface area contributed by atoms with Crippen molar-refractivity contribution in [1.82, 2.24) is 10.2 Å². The molecular formula is C15H29N3O2. The number of carbonyl (C=O) groups excluding carboxylic acids is 1. The lowest BCUT2D eigenvalue weighted by Crippen LogP contribution is -2.49. The van der Waals surface area contributed by atoms with E-state index in [1.807, 2.05) is 7.11 Å². The van der Waals surface area contributed by atoms with Crippen LogP contribution in [0.15, 0.2) is 0 Å². The van der Waals surface area contributed by atoms with Crippen molar-refractivity contribution >= 4 is 5.91 Å². The number of rotatable bonds is 5. The molecule has 3 atom stereocenters. The van der Waals surface area contributed by atoms with Gasteiger partial charge in [0.1, 0.15) is 0 Å². The summed E-state index contributed by atoms with van der Waals surface area (Å²) in [7, 11) is 1.81. The van der Waals surface area contributed by atoms with E-state index in [-0.39, 0.29) is 11.8 Å². The van der Waals surface area contributed by atoms with Crippen molar-refractivity contribution in [3.8, 4) is 0 Å². The largest absolute Gasteiger partial charge is 0.381 e. The Balaban J connectivity index is 1.84. The van der Waals surface area contributed by atoms with Crippen LogP contribution in [0.5, 0.6) is 0 Å². The van der Waals surface area contributed by atoms with Crippen molar-refractivity contribution in [2.24, 2.45) is 11.7 Å². The Labute approximate surface area is 122 Å². The van der Waals surface area contributed by atoms with Gasteiger partial charge in [-0.1, -0.05) is 0 Å². The maximum atomic E-state index is 12.1. The molecule has 2 aliphatic rings. The minimum Gasteiger partial charge on any atom is -0.381 e. The van der Waals surface area contributed by atoms with Gasteiger partial charge in [-0.05, 0) is 45.1 Å². The first kappa shape index (κ1) is 15.7. The third-order valence-electron chi connectivity index (χ3n) is 4.72. The molecule has 3 unspecified atom stereocenters. The molecule has 0 radical (unpaired) electrons. The van der Waals surface area contributed by atoms with Gasteiger partial charge in [-0.15, -0.1) is 0 Å². The van der Waals surface area contributed by atoms with Gasteiger partial charge in [-0.25, -0.2) is 0 Å². The zero-order chi connectivity index (χ0) is 14.4. The fourth-order valence-electron chi connectivity index (χ4n) is 3.56. The molecular weight excluding hydrogens is 254 g/mol. The molecule has 1 amide bonds. The number of likely N-dealkylation sites (tertiary alicyclic amines) is 1. The van der Waals surface area contributed by atoms with Crippen LogP contribution in [0.3, 0.4) is 0 Å². The Morgan fingerprint density at radius 1 is 1.35 bits per heavy atom. The number of amides is 1. The first-order valence-electron chi connectivity index (χ1n) is 7.99. The lowest BCUT2D eigenvalue weighted by atomic mass is 9.88. The number of nitrogens with one attached hydrogen (secondary N) is 1. The van der Waals surface area contributed by atoms with Crippen LogP contribution in [-0.2, 0) is 9.53 Å². The molecule has 0 bridgehead atoms. The standard InChI is InChI=1S/C15H29N3O2/c1-20-14-6-2-5-13(10-14)18-9-3-4-12(11-18)15(19)17-8-7-16/h12-14H,2-11,16H2,1H3,(H,17,19). The van der Waals surface area contributed by atoms with Crippen molar-refractivity contribution in [3.63, 3.8) is 0 Å². The highest BCUT2D eigenvalue weighted by molar-refractivity contribution is 5.78. The fraction of sp³-hybridized carbons (Fsp3) is 0.933. The number of carbonyl (C=O) groups is 1. The molecule has 0 aromatic carbocycles. The molecule has 116 valence electrons. The van der Waals surface area contributed by atoms with Crippen LogP contribution in [0.2, 0.25) is 0 Å². The van der Waals surface area contributed by atoms with Crippen molar-refractivity contribution in [2.45, 2.75) is 50.7 Å². The molecule has 2 rings (SSSR count). The van der Waals surface area contributed by atoms with Crippen LogP contribution in [0.1, 0.15) is 38.5 Å². The van der Waals surface area contributed by atoms with Crippen LogP contribution in [-0.4, -0.2) is 56.2 Å². The molecule has 1 aliphatic heterocycles. The van der Waals surface area contributed by atoms with Crippen LogP contribution < -0.4 is 11.1 Å². The van der Waals surface area contributed by atoms with E-state index in [9.17, 15) is 4.79 Å². The molecule has 1 saturated carbocycles. The maximum Gasteiger partial charge on any atom is 0.224 e. The summed E-state index contributed by atoms with van der Waals surface area (Å²) >= 11 is 0. The lowest BCUT2D eigenvalue weighted by molar-refractivity contribution is -0.127. The van der Waals surface area contributed by atoms with E-state index in [0.29, 0.717) is 25.2 Å². The predicted molar refractivity (Wildman–Crippen MR) is 79.4 cm³/mol. The van der Waals surface area contributed by atoms with Gasteiger partial charge in [-0.2, -0.15) is 0 Å². The van der Waals surface area contributed by atoms with Crippen LogP contribution in [0.4, 0.5) is 0 Å². The highest BCUT2D eigenvalue weighted by Gasteiger charge is 2.32. The number of piperidine rings is 1. The minimum atomic E-state index is 0.137. The average Bonchev–Trinajstić information content (AvgIpc) is 2.52. The third kappa shape index (κ3) is 4.17. The molecule has 3 N–H and O–H groups in total. The summed E-state index contributed by atoms with van der Waals surface area (Å²) in [6, 6.07) is 0.596. The maximum absolute atomic E-state index is 12.1. The quantitative estimate of drug-likeness (QED) is 0.780. The van der Waals surface area contributed by atoms with Gasteiger partial charge >= 0.3 is 0 Å². The van der Waals surface area contributed by atoms with E-state index in [2.05, 4.69) is 10.2 Å². The van der Waals surface area contributed by atoms with Crippen LogP contribution in [0.25, 0.3) is 0 Å². The van der Waals surface area contributed by atoms with Gasteiger partial charge in [0.15, 0.2) is 0 Å². The highest BCUT2D eigenvalue weighted by Crippen LogP contribution is 2.28. The summed E-state index contributed by atoms with van der Waals surface area (Å²) in [4.78, 5) is 14.6. The lowest BCUT2D eigenvalue weighted by Gasteiger charge is -2.41. The van der Waals surface area contributed by atoms with Crippen LogP contribution >= 0.6 is 0 Å².